The quantitative estimate of drug-likeness (QED) is 0.445. The maximum atomic E-state index is 12.9. The van der Waals surface area contributed by atoms with Gasteiger partial charge < -0.3 is 15.0 Å². The molecule has 9 nitrogen and oxygen atoms in total. The van der Waals surface area contributed by atoms with Gasteiger partial charge in [-0.3, -0.25) is 19.8 Å². The van der Waals surface area contributed by atoms with Crippen LogP contribution in [0.3, 0.4) is 0 Å². The normalized spacial score (nSPS) is 14.4. The number of halogens is 3. The number of benzene rings is 2. The Hall–Kier alpha value is -3.83. The maximum Gasteiger partial charge on any atom is 0.416 e. The molecule has 12 heteroatoms. The number of piperidine rings is 1. The second kappa shape index (κ2) is 10.6. The largest absolute Gasteiger partial charge is 0.449 e. The van der Waals surface area contributed by atoms with Gasteiger partial charge in [0.05, 0.1) is 17.1 Å². The number of carbonyl (C=O) groups excluding carboxylic acids is 2. The third kappa shape index (κ3) is 6.19. The van der Waals surface area contributed by atoms with Crippen molar-refractivity contribution in [1.29, 1.82) is 0 Å². The number of nitrogens with one attached hydrogen (secondary N) is 1. The average molecular weight is 494 g/mol. The van der Waals surface area contributed by atoms with E-state index >= 15 is 0 Å². The molecule has 3 rings (SSSR count). The molecule has 1 saturated heterocycles. The van der Waals surface area contributed by atoms with Crippen LogP contribution in [0.1, 0.15) is 25.3 Å². The Morgan fingerprint density at radius 3 is 2.34 bits per heavy atom. The fraction of sp³-hybridized carbons (Fsp3) is 0.391. The summed E-state index contributed by atoms with van der Waals surface area (Å²) in [6.45, 7) is 2.53. The first-order valence-electron chi connectivity index (χ1n) is 10.9. The van der Waals surface area contributed by atoms with Crippen molar-refractivity contribution in [2.24, 2.45) is 5.92 Å². The Morgan fingerprint density at radius 1 is 1.17 bits per heavy atom. The lowest BCUT2D eigenvalue weighted by Gasteiger charge is -2.32. The molecule has 1 heterocycles. The molecule has 0 saturated carbocycles. The molecular weight excluding hydrogens is 469 g/mol. The number of nitrogens with zero attached hydrogens (tertiary/aromatic N) is 3. The molecule has 188 valence electrons. The third-order valence-corrected chi connectivity index (χ3v) is 5.77. The Labute approximate surface area is 199 Å². The molecule has 0 atom stereocenters. The van der Waals surface area contributed by atoms with Gasteiger partial charge in [0.1, 0.15) is 5.69 Å². The molecule has 1 aliphatic heterocycles. The monoisotopic (exact) mass is 494 g/mol. The van der Waals surface area contributed by atoms with E-state index in [1.54, 1.807) is 43.1 Å². The summed E-state index contributed by atoms with van der Waals surface area (Å²) in [4.78, 5) is 38.0. The van der Waals surface area contributed by atoms with Gasteiger partial charge in [-0.1, -0.05) is 0 Å². The Morgan fingerprint density at radius 2 is 1.80 bits per heavy atom. The van der Waals surface area contributed by atoms with Gasteiger partial charge in [0.15, 0.2) is 0 Å². The number of carbonyl (C=O) groups is 2. The van der Waals surface area contributed by atoms with Crippen LogP contribution in [0.25, 0.3) is 0 Å². The molecule has 0 spiro atoms. The smallest absolute Gasteiger partial charge is 0.416 e. The van der Waals surface area contributed by atoms with Crippen molar-refractivity contribution in [3.05, 3.63) is 58.1 Å². The molecule has 1 N–H and O–H groups in total. The molecule has 2 aromatic rings. The number of hydrogen-bond acceptors (Lipinski definition) is 6. The maximum absolute atomic E-state index is 12.9. The van der Waals surface area contributed by atoms with E-state index in [0.717, 1.165) is 12.1 Å². The lowest BCUT2D eigenvalue weighted by atomic mass is 9.95. The first-order valence-corrected chi connectivity index (χ1v) is 10.9. The molecule has 0 radical (unpaired) electrons. The van der Waals surface area contributed by atoms with Crippen LogP contribution in [0, 0.1) is 16.0 Å². The minimum Gasteiger partial charge on any atom is -0.449 e. The molecule has 1 fully saturated rings. The molecular formula is C23H25F3N4O5. The van der Waals surface area contributed by atoms with Crippen molar-refractivity contribution in [3.8, 4) is 0 Å². The number of anilines is 3. The average Bonchev–Trinajstić information content (AvgIpc) is 2.83. The molecule has 0 unspecified atom stereocenters. The van der Waals surface area contributed by atoms with Crippen molar-refractivity contribution in [2.75, 3.05) is 41.9 Å². The predicted molar refractivity (Wildman–Crippen MR) is 124 cm³/mol. The van der Waals surface area contributed by atoms with Crippen LogP contribution in [0.15, 0.2) is 42.5 Å². The summed E-state index contributed by atoms with van der Waals surface area (Å²) in [6.07, 6.45) is -4.41. The Balaban J connectivity index is 1.61. The van der Waals surface area contributed by atoms with E-state index in [9.17, 15) is 32.9 Å². The number of amides is 2. The van der Waals surface area contributed by atoms with Crippen molar-refractivity contribution in [2.45, 2.75) is 25.9 Å². The Kier molecular flexibility index (Phi) is 7.82. The van der Waals surface area contributed by atoms with E-state index in [1.165, 1.54) is 4.90 Å². The number of ether oxygens (including phenoxy) is 1. The predicted octanol–water partition coefficient (Wildman–Crippen LogP) is 5.06. The van der Waals surface area contributed by atoms with Gasteiger partial charge in [-0.05, 0) is 56.2 Å². The Bertz CT molecular complexity index is 1080. The minimum atomic E-state index is -4.68. The zero-order chi connectivity index (χ0) is 25.8. The molecule has 0 aromatic heterocycles. The summed E-state index contributed by atoms with van der Waals surface area (Å²) >= 11 is 0. The second-order valence-corrected chi connectivity index (χ2v) is 8.01. The van der Waals surface area contributed by atoms with E-state index in [0.29, 0.717) is 30.3 Å². The van der Waals surface area contributed by atoms with Gasteiger partial charge in [0.2, 0.25) is 5.91 Å². The van der Waals surface area contributed by atoms with Crippen LogP contribution >= 0.6 is 0 Å². The van der Waals surface area contributed by atoms with Crippen LogP contribution in [-0.2, 0) is 15.7 Å². The van der Waals surface area contributed by atoms with Gasteiger partial charge in [0.25, 0.3) is 5.69 Å². The zero-order valence-electron chi connectivity index (χ0n) is 19.2. The van der Waals surface area contributed by atoms with Crippen molar-refractivity contribution >= 4 is 34.7 Å². The van der Waals surface area contributed by atoms with Gasteiger partial charge in [-0.2, -0.15) is 13.2 Å². The minimum absolute atomic E-state index is 0.100. The van der Waals surface area contributed by atoms with Crippen LogP contribution < -0.4 is 15.1 Å². The first-order chi connectivity index (χ1) is 16.5. The molecule has 0 bridgehead atoms. The summed E-state index contributed by atoms with van der Waals surface area (Å²) in [6, 6.07) is 9.11. The lowest BCUT2D eigenvalue weighted by molar-refractivity contribution is -0.384. The standard InChI is InChI=1S/C23H25F3N4O5/c1-3-35-22(32)28(2)18-7-5-17(6-8-18)27-21(31)15-10-12-29(13-11-15)19-9-4-16(23(24,25)26)14-20(19)30(33)34/h4-9,14-15H,3,10-13H2,1-2H3,(H,27,31). The highest BCUT2D eigenvalue weighted by Gasteiger charge is 2.35. The van der Waals surface area contributed by atoms with Gasteiger partial charge in [0, 0.05) is 43.5 Å². The van der Waals surface area contributed by atoms with E-state index in [4.69, 9.17) is 4.74 Å². The molecule has 2 aromatic carbocycles. The van der Waals surface area contributed by atoms with Crippen molar-refractivity contribution in [1.82, 2.24) is 0 Å². The molecule has 35 heavy (non-hydrogen) atoms. The van der Waals surface area contributed by atoms with Crippen LogP contribution in [0.4, 0.5) is 40.7 Å². The number of alkyl halides is 3. The number of rotatable bonds is 6. The van der Waals surface area contributed by atoms with E-state index in [2.05, 4.69) is 5.32 Å². The van der Waals surface area contributed by atoms with Crippen LogP contribution in [0.2, 0.25) is 0 Å². The summed E-state index contributed by atoms with van der Waals surface area (Å²) < 4.78 is 43.8. The van der Waals surface area contributed by atoms with E-state index < -0.39 is 28.4 Å². The highest BCUT2D eigenvalue weighted by molar-refractivity contribution is 5.93. The second-order valence-electron chi connectivity index (χ2n) is 8.01. The van der Waals surface area contributed by atoms with Crippen LogP contribution in [-0.4, -0.2) is 43.7 Å². The lowest BCUT2D eigenvalue weighted by Crippen LogP contribution is -2.38. The fourth-order valence-corrected chi connectivity index (χ4v) is 3.83. The summed E-state index contributed by atoms with van der Waals surface area (Å²) in [5, 5.41) is 14.2. The van der Waals surface area contributed by atoms with Gasteiger partial charge in [-0.15, -0.1) is 0 Å². The molecule has 0 aliphatic carbocycles. The number of hydrogen-bond donors (Lipinski definition) is 1. The highest BCUT2D eigenvalue weighted by Crippen LogP contribution is 2.37. The van der Waals surface area contributed by atoms with Crippen molar-refractivity contribution < 1.29 is 32.4 Å². The molecule has 1 aliphatic rings. The van der Waals surface area contributed by atoms with E-state index in [1.807, 2.05) is 0 Å². The number of nitro groups is 1. The van der Waals surface area contributed by atoms with Crippen molar-refractivity contribution in [3.63, 3.8) is 0 Å². The summed E-state index contributed by atoms with van der Waals surface area (Å²) in [5.41, 5.74) is -0.467. The molecule has 2 amide bonds. The number of nitro benzene ring substituents is 1. The fourth-order valence-electron chi connectivity index (χ4n) is 3.83. The van der Waals surface area contributed by atoms with E-state index in [-0.39, 0.29) is 37.2 Å². The zero-order valence-corrected chi connectivity index (χ0v) is 19.2. The first kappa shape index (κ1) is 25.8. The van der Waals surface area contributed by atoms with Gasteiger partial charge >= 0.3 is 12.3 Å². The van der Waals surface area contributed by atoms with Gasteiger partial charge in [-0.25, -0.2) is 4.79 Å². The SMILES string of the molecule is CCOC(=O)N(C)c1ccc(NC(=O)C2CCN(c3ccc(C(F)(F)F)cc3[N+](=O)[O-])CC2)cc1. The van der Waals surface area contributed by atoms with Crippen LogP contribution in [0.5, 0.6) is 0 Å². The summed E-state index contributed by atoms with van der Waals surface area (Å²) in [5.74, 6) is -0.584. The highest BCUT2D eigenvalue weighted by atomic mass is 19.4. The third-order valence-electron chi connectivity index (χ3n) is 5.77. The summed E-state index contributed by atoms with van der Waals surface area (Å²) in [7, 11) is 1.57. The topological polar surface area (TPSA) is 105 Å².